The minimum Gasteiger partial charge on any atom is -0.403 e. The molecule has 4 heterocycles. The molecule has 1 N–H and O–H groups in total. The summed E-state index contributed by atoms with van der Waals surface area (Å²) in [5.41, 5.74) is 1.97. The molecular formula is C22H21ClN6O2S. The number of nitrogens with one attached hydrogen (secondary N) is 1. The molecule has 8 nitrogen and oxygen atoms in total. The fourth-order valence-electron chi connectivity index (χ4n) is 3.95. The first-order chi connectivity index (χ1) is 15.5. The molecular weight excluding hydrogens is 448 g/mol. The molecule has 1 saturated heterocycles. The zero-order valence-corrected chi connectivity index (χ0v) is 19.2. The van der Waals surface area contributed by atoms with Crippen LogP contribution in [0.2, 0.25) is 5.02 Å². The fourth-order valence-corrected chi connectivity index (χ4v) is 5.06. The van der Waals surface area contributed by atoms with Crippen LogP contribution in [0.25, 0.3) is 21.7 Å². The van der Waals surface area contributed by atoms with Crippen LogP contribution in [0.1, 0.15) is 23.3 Å². The minimum absolute atomic E-state index is 0.101. The number of aryl methyl sites for hydroxylation is 2. The molecule has 1 aromatic carbocycles. The lowest BCUT2D eigenvalue weighted by Crippen LogP contribution is -2.38. The lowest BCUT2D eigenvalue weighted by molar-refractivity contribution is -0.120. The van der Waals surface area contributed by atoms with Crippen LogP contribution in [0.5, 0.6) is 0 Å². The average molecular weight is 469 g/mol. The van der Waals surface area contributed by atoms with E-state index >= 15 is 0 Å². The van der Waals surface area contributed by atoms with E-state index in [0.29, 0.717) is 10.9 Å². The zero-order chi connectivity index (χ0) is 22.2. The van der Waals surface area contributed by atoms with Gasteiger partial charge in [0.05, 0.1) is 5.39 Å². The van der Waals surface area contributed by atoms with Gasteiger partial charge in [-0.05, 0) is 56.5 Å². The van der Waals surface area contributed by atoms with Gasteiger partial charge in [-0.3, -0.25) is 10.1 Å². The lowest BCUT2D eigenvalue weighted by Gasteiger charge is -2.32. The Morgan fingerprint density at radius 3 is 2.66 bits per heavy atom. The highest BCUT2D eigenvalue weighted by Gasteiger charge is 2.28. The normalized spacial score (nSPS) is 14.8. The summed E-state index contributed by atoms with van der Waals surface area (Å²) in [6.07, 6.45) is 3.06. The van der Waals surface area contributed by atoms with Crippen LogP contribution in [0, 0.1) is 19.8 Å². The van der Waals surface area contributed by atoms with Crippen molar-refractivity contribution < 1.29 is 9.21 Å². The number of thiophene rings is 1. The van der Waals surface area contributed by atoms with E-state index in [0.717, 1.165) is 47.5 Å². The molecule has 5 rings (SSSR count). The average Bonchev–Trinajstić information content (AvgIpc) is 3.38. The Bertz CT molecular complexity index is 1280. The van der Waals surface area contributed by atoms with E-state index in [-0.39, 0.29) is 17.8 Å². The molecule has 0 aliphatic carbocycles. The van der Waals surface area contributed by atoms with E-state index in [1.54, 1.807) is 41.9 Å². The van der Waals surface area contributed by atoms with Gasteiger partial charge in [-0.25, -0.2) is 9.97 Å². The molecule has 0 atom stereocenters. The maximum Gasteiger partial charge on any atom is 0.322 e. The lowest BCUT2D eigenvalue weighted by atomic mass is 9.95. The van der Waals surface area contributed by atoms with E-state index in [9.17, 15) is 4.79 Å². The maximum atomic E-state index is 12.8. The number of rotatable bonds is 4. The molecule has 1 aliphatic heterocycles. The van der Waals surface area contributed by atoms with Crippen LogP contribution in [0.3, 0.4) is 0 Å². The van der Waals surface area contributed by atoms with Crippen molar-refractivity contribution in [3.8, 4) is 11.5 Å². The van der Waals surface area contributed by atoms with Crippen LogP contribution < -0.4 is 10.2 Å². The molecule has 1 amide bonds. The van der Waals surface area contributed by atoms with Crippen molar-refractivity contribution in [2.45, 2.75) is 26.7 Å². The molecule has 32 heavy (non-hydrogen) atoms. The Balaban J connectivity index is 1.23. The summed E-state index contributed by atoms with van der Waals surface area (Å²) >= 11 is 7.61. The van der Waals surface area contributed by atoms with Crippen molar-refractivity contribution in [1.29, 1.82) is 0 Å². The zero-order valence-electron chi connectivity index (χ0n) is 17.6. The first-order valence-electron chi connectivity index (χ1n) is 10.4. The summed E-state index contributed by atoms with van der Waals surface area (Å²) < 4.78 is 5.60. The number of aromatic nitrogens is 4. The molecule has 3 aromatic heterocycles. The van der Waals surface area contributed by atoms with Crippen molar-refractivity contribution in [2.75, 3.05) is 23.3 Å². The number of amides is 1. The van der Waals surface area contributed by atoms with E-state index in [1.165, 1.54) is 10.4 Å². The van der Waals surface area contributed by atoms with Crippen molar-refractivity contribution in [3.05, 3.63) is 46.1 Å². The SMILES string of the molecule is Cc1sc2ncnc(N3CCC(C(=O)Nc4nnc(-c5ccc(Cl)cc5)o4)CC3)c2c1C. The van der Waals surface area contributed by atoms with Crippen LogP contribution >= 0.6 is 22.9 Å². The standard InChI is InChI=1S/C22H21ClN6O2S/c1-12-13(2)32-21-17(12)18(24-11-25-21)29-9-7-14(8-10-29)19(30)26-22-28-27-20(31-22)15-3-5-16(23)6-4-15/h3-6,11,14H,7-10H2,1-2H3,(H,26,28,30). The predicted octanol–water partition coefficient (Wildman–Crippen LogP) is 4.87. The molecule has 1 aliphatic rings. The van der Waals surface area contributed by atoms with Gasteiger partial charge in [-0.1, -0.05) is 16.7 Å². The topological polar surface area (TPSA) is 97.0 Å². The molecule has 164 valence electrons. The summed E-state index contributed by atoms with van der Waals surface area (Å²) in [5, 5.41) is 12.5. The van der Waals surface area contributed by atoms with Crippen LogP contribution in [-0.4, -0.2) is 39.2 Å². The summed E-state index contributed by atoms with van der Waals surface area (Å²) in [4.78, 5) is 26.3. The van der Waals surface area contributed by atoms with Gasteiger partial charge in [0.2, 0.25) is 11.8 Å². The summed E-state index contributed by atoms with van der Waals surface area (Å²) in [6.45, 7) is 5.72. The second kappa shape index (κ2) is 8.48. The molecule has 0 bridgehead atoms. The molecule has 0 unspecified atom stereocenters. The molecule has 0 radical (unpaired) electrons. The molecule has 0 spiro atoms. The van der Waals surface area contributed by atoms with E-state index in [4.69, 9.17) is 16.0 Å². The Morgan fingerprint density at radius 2 is 1.91 bits per heavy atom. The van der Waals surface area contributed by atoms with Gasteiger partial charge in [-0.15, -0.1) is 16.4 Å². The van der Waals surface area contributed by atoms with Crippen LogP contribution in [0.15, 0.2) is 35.0 Å². The van der Waals surface area contributed by atoms with Crippen molar-refractivity contribution in [3.63, 3.8) is 0 Å². The Morgan fingerprint density at radius 1 is 1.16 bits per heavy atom. The van der Waals surface area contributed by atoms with E-state index in [1.807, 2.05) is 0 Å². The van der Waals surface area contributed by atoms with E-state index in [2.05, 4.69) is 44.2 Å². The first kappa shape index (κ1) is 20.8. The second-order valence-corrected chi connectivity index (χ2v) is 9.47. The highest BCUT2D eigenvalue weighted by molar-refractivity contribution is 7.18. The number of carbonyl (C=O) groups excluding carboxylic acids is 1. The molecule has 10 heteroatoms. The van der Waals surface area contributed by atoms with Gasteiger partial charge in [-0.2, -0.15) is 0 Å². The number of fused-ring (bicyclic) bond motifs is 1. The molecule has 4 aromatic rings. The van der Waals surface area contributed by atoms with Gasteiger partial charge in [0, 0.05) is 34.5 Å². The summed E-state index contributed by atoms with van der Waals surface area (Å²) in [7, 11) is 0. The van der Waals surface area contributed by atoms with Crippen molar-refractivity contribution in [2.24, 2.45) is 5.92 Å². The third-order valence-corrected chi connectivity index (χ3v) is 7.22. The van der Waals surface area contributed by atoms with Gasteiger partial charge < -0.3 is 9.32 Å². The van der Waals surface area contributed by atoms with E-state index < -0.39 is 0 Å². The third kappa shape index (κ3) is 3.93. The molecule has 0 saturated carbocycles. The maximum absolute atomic E-state index is 12.8. The Kier molecular flexibility index (Phi) is 5.52. The number of nitrogens with zero attached hydrogens (tertiary/aromatic N) is 5. The Hall–Kier alpha value is -3.04. The first-order valence-corrected chi connectivity index (χ1v) is 11.5. The highest BCUT2D eigenvalue weighted by atomic mass is 35.5. The number of piperidine rings is 1. The quantitative estimate of drug-likeness (QED) is 0.456. The van der Waals surface area contributed by atoms with Crippen LogP contribution in [-0.2, 0) is 4.79 Å². The van der Waals surface area contributed by atoms with Gasteiger partial charge in [0.15, 0.2) is 0 Å². The summed E-state index contributed by atoms with van der Waals surface area (Å²) in [5.74, 6) is 1.06. The second-order valence-electron chi connectivity index (χ2n) is 7.83. The fraction of sp³-hybridized carbons (Fsp3) is 0.318. The number of anilines is 2. The number of carbonyl (C=O) groups is 1. The monoisotopic (exact) mass is 468 g/mol. The van der Waals surface area contributed by atoms with Gasteiger partial charge in [0.25, 0.3) is 0 Å². The Labute approximate surface area is 193 Å². The van der Waals surface area contributed by atoms with Gasteiger partial charge in [0.1, 0.15) is 17.0 Å². The van der Waals surface area contributed by atoms with Crippen LogP contribution in [0.4, 0.5) is 11.8 Å². The summed E-state index contributed by atoms with van der Waals surface area (Å²) in [6, 6.07) is 7.18. The third-order valence-electron chi connectivity index (χ3n) is 5.86. The van der Waals surface area contributed by atoms with Crippen molar-refractivity contribution >= 4 is 50.9 Å². The minimum atomic E-state index is -0.125. The largest absolute Gasteiger partial charge is 0.403 e. The van der Waals surface area contributed by atoms with Crippen molar-refractivity contribution in [1.82, 2.24) is 20.2 Å². The number of halogens is 1. The smallest absolute Gasteiger partial charge is 0.322 e. The highest BCUT2D eigenvalue weighted by Crippen LogP contribution is 2.35. The number of benzene rings is 1. The predicted molar refractivity (Wildman–Crippen MR) is 125 cm³/mol. The van der Waals surface area contributed by atoms with Gasteiger partial charge >= 0.3 is 6.01 Å². The number of hydrogen-bond donors (Lipinski definition) is 1. The molecule has 1 fully saturated rings. The number of hydrogen-bond acceptors (Lipinski definition) is 8.